The molecule has 1 heterocycles. The minimum absolute atomic E-state index is 0.120. The number of hydrogen-bond donors (Lipinski definition) is 2. The highest BCUT2D eigenvalue weighted by molar-refractivity contribution is 9.10. The molecule has 5 nitrogen and oxygen atoms in total. The van der Waals surface area contributed by atoms with Crippen molar-refractivity contribution in [1.29, 1.82) is 0 Å². The van der Waals surface area contributed by atoms with Crippen molar-refractivity contribution in [2.45, 2.75) is 18.4 Å². The number of nitrogens with one attached hydrogen (secondary N) is 2. The number of halogens is 1. The van der Waals surface area contributed by atoms with Gasteiger partial charge in [0, 0.05) is 23.4 Å². The summed E-state index contributed by atoms with van der Waals surface area (Å²) in [6.45, 7) is 3.42. The summed E-state index contributed by atoms with van der Waals surface area (Å²) in [6, 6.07) is 8.83. The summed E-state index contributed by atoms with van der Waals surface area (Å²) in [4.78, 5) is 4.01. The topological polar surface area (TPSA) is 71.1 Å². The molecule has 112 valence electrons. The molecule has 0 bridgehead atoms. The lowest BCUT2D eigenvalue weighted by molar-refractivity contribution is 0.600. The first-order valence-electron chi connectivity index (χ1n) is 6.45. The molecule has 0 unspecified atom stereocenters. The molecule has 2 rings (SSSR count). The van der Waals surface area contributed by atoms with Crippen molar-refractivity contribution in [1.82, 2.24) is 10.3 Å². The van der Waals surface area contributed by atoms with Crippen molar-refractivity contribution >= 4 is 31.6 Å². The number of rotatable bonds is 6. The smallest absolute Gasteiger partial charge is 0.263 e. The van der Waals surface area contributed by atoms with E-state index in [1.165, 1.54) is 18.5 Å². The van der Waals surface area contributed by atoms with Crippen LogP contribution in [0.2, 0.25) is 0 Å². The zero-order valence-electron chi connectivity index (χ0n) is 11.5. The van der Waals surface area contributed by atoms with Crippen LogP contribution in [0.3, 0.4) is 0 Å². The highest BCUT2D eigenvalue weighted by Gasteiger charge is 2.16. The Morgan fingerprint density at radius 2 is 2.00 bits per heavy atom. The predicted molar refractivity (Wildman–Crippen MR) is 86.6 cm³/mol. The number of nitrogens with zero attached hydrogens (tertiary/aromatic N) is 1. The van der Waals surface area contributed by atoms with Gasteiger partial charge in [0.15, 0.2) is 0 Å². The Balaban J connectivity index is 2.29. The minimum Gasteiger partial charge on any atom is -0.313 e. The molecule has 0 atom stereocenters. The second kappa shape index (κ2) is 7.02. The van der Waals surface area contributed by atoms with E-state index in [0.717, 1.165) is 12.1 Å². The van der Waals surface area contributed by atoms with Gasteiger partial charge in [-0.05, 0) is 40.2 Å². The zero-order chi connectivity index (χ0) is 15.3. The molecule has 0 aliphatic rings. The van der Waals surface area contributed by atoms with E-state index in [9.17, 15) is 8.42 Å². The Hall–Kier alpha value is -1.44. The van der Waals surface area contributed by atoms with Gasteiger partial charge in [0.1, 0.15) is 4.90 Å². The van der Waals surface area contributed by atoms with Crippen LogP contribution in [0, 0.1) is 0 Å². The van der Waals surface area contributed by atoms with Crippen molar-refractivity contribution in [3.05, 3.63) is 52.8 Å². The minimum atomic E-state index is -3.65. The van der Waals surface area contributed by atoms with E-state index in [4.69, 9.17) is 0 Å². The number of para-hydroxylation sites is 1. The van der Waals surface area contributed by atoms with Gasteiger partial charge in [0.2, 0.25) is 0 Å². The molecule has 1 aromatic carbocycles. The van der Waals surface area contributed by atoms with Crippen molar-refractivity contribution < 1.29 is 8.42 Å². The summed E-state index contributed by atoms with van der Waals surface area (Å²) in [5.41, 5.74) is 1.46. The third-order valence-corrected chi connectivity index (χ3v) is 4.58. The molecule has 0 spiro atoms. The van der Waals surface area contributed by atoms with Gasteiger partial charge in [-0.25, -0.2) is 8.42 Å². The van der Waals surface area contributed by atoms with Gasteiger partial charge in [-0.1, -0.05) is 25.1 Å². The van der Waals surface area contributed by atoms with Crippen LogP contribution in [0.1, 0.15) is 12.5 Å². The molecule has 0 saturated heterocycles. The number of anilines is 1. The SMILES string of the molecule is CCNCc1ccccc1NS(=O)(=O)c1cncc(Br)c1. The van der Waals surface area contributed by atoms with Gasteiger partial charge < -0.3 is 5.32 Å². The van der Waals surface area contributed by atoms with Crippen molar-refractivity contribution in [2.24, 2.45) is 0 Å². The van der Waals surface area contributed by atoms with E-state index < -0.39 is 10.0 Å². The van der Waals surface area contributed by atoms with Crippen molar-refractivity contribution in [2.75, 3.05) is 11.3 Å². The molecule has 0 amide bonds. The summed E-state index contributed by atoms with van der Waals surface area (Å²) in [5, 5.41) is 3.18. The van der Waals surface area contributed by atoms with Crippen molar-refractivity contribution in [3.63, 3.8) is 0 Å². The highest BCUT2D eigenvalue weighted by atomic mass is 79.9. The van der Waals surface area contributed by atoms with Gasteiger partial charge in [0.05, 0.1) is 5.69 Å². The maximum Gasteiger partial charge on any atom is 0.263 e. The molecule has 0 aliphatic carbocycles. The van der Waals surface area contributed by atoms with Crippen LogP contribution in [-0.4, -0.2) is 19.9 Å². The lowest BCUT2D eigenvalue weighted by Gasteiger charge is -2.12. The second-order valence-corrected chi connectivity index (χ2v) is 6.98. The van der Waals surface area contributed by atoms with Gasteiger partial charge in [-0.2, -0.15) is 0 Å². The molecule has 2 N–H and O–H groups in total. The average molecular weight is 370 g/mol. The molecular weight excluding hydrogens is 354 g/mol. The summed E-state index contributed by atoms with van der Waals surface area (Å²) >= 11 is 3.22. The maximum atomic E-state index is 12.4. The van der Waals surface area contributed by atoms with E-state index in [2.05, 4.69) is 31.0 Å². The van der Waals surface area contributed by atoms with Crippen LogP contribution in [0.25, 0.3) is 0 Å². The van der Waals surface area contributed by atoms with Gasteiger partial charge in [0.25, 0.3) is 10.0 Å². The fourth-order valence-electron chi connectivity index (χ4n) is 1.78. The Kier molecular flexibility index (Phi) is 5.33. The summed E-state index contributed by atoms with van der Waals surface area (Å²) < 4.78 is 28.0. The Morgan fingerprint density at radius 1 is 1.24 bits per heavy atom. The van der Waals surface area contributed by atoms with Crippen LogP contribution in [0.15, 0.2) is 52.1 Å². The fourth-order valence-corrected chi connectivity index (χ4v) is 3.38. The third kappa shape index (κ3) is 4.26. The average Bonchev–Trinajstić information content (AvgIpc) is 2.46. The number of benzene rings is 1. The second-order valence-electron chi connectivity index (χ2n) is 4.38. The quantitative estimate of drug-likeness (QED) is 0.820. The molecule has 7 heteroatoms. The van der Waals surface area contributed by atoms with E-state index in [1.54, 1.807) is 12.1 Å². The fraction of sp³-hybridized carbons (Fsp3) is 0.214. The van der Waals surface area contributed by atoms with E-state index >= 15 is 0 Å². The summed E-state index contributed by atoms with van der Waals surface area (Å²) in [6.07, 6.45) is 2.86. The van der Waals surface area contributed by atoms with Crippen LogP contribution >= 0.6 is 15.9 Å². The number of pyridine rings is 1. The van der Waals surface area contributed by atoms with Crippen LogP contribution in [0.4, 0.5) is 5.69 Å². The molecule has 0 fully saturated rings. The Bertz CT molecular complexity index is 720. The lowest BCUT2D eigenvalue weighted by atomic mass is 10.2. The summed E-state index contributed by atoms with van der Waals surface area (Å²) in [5.74, 6) is 0. The third-order valence-electron chi connectivity index (χ3n) is 2.82. The van der Waals surface area contributed by atoms with Crippen LogP contribution < -0.4 is 10.0 Å². The normalized spacial score (nSPS) is 11.3. The monoisotopic (exact) mass is 369 g/mol. The molecule has 21 heavy (non-hydrogen) atoms. The molecular formula is C14H16BrN3O2S. The van der Waals surface area contributed by atoms with Gasteiger partial charge >= 0.3 is 0 Å². The predicted octanol–water partition coefficient (Wildman–Crippen LogP) is 2.75. The molecule has 0 aliphatic heterocycles. The lowest BCUT2D eigenvalue weighted by Crippen LogP contribution is -2.17. The standard InChI is InChI=1S/C14H16BrN3O2S/c1-2-16-8-11-5-3-4-6-14(11)18-21(19,20)13-7-12(15)9-17-10-13/h3-7,9-10,16,18H,2,8H2,1H3. The molecule has 0 radical (unpaired) electrons. The summed E-state index contributed by atoms with van der Waals surface area (Å²) in [7, 11) is -3.65. The first-order chi connectivity index (χ1) is 10.0. The first kappa shape index (κ1) is 15.9. The number of hydrogen-bond acceptors (Lipinski definition) is 4. The van der Waals surface area contributed by atoms with Crippen molar-refractivity contribution in [3.8, 4) is 0 Å². The zero-order valence-corrected chi connectivity index (χ0v) is 13.9. The molecule has 2 aromatic rings. The van der Waals surface area contributed by atoms with Crippen LogP contribution in [0.5, 0.6) is 0 Å². The Labute approximate surface area is 133 Å². The van der Waals surface area contributed by atoms with E-state index in [0.29, 0.717) is 16.7 Å². The van der Waals surface area contributed by atoms with Gasteiger partial charge in [-0.15, -0.1) is 0 Å². The number of aromatic nitrogens is 1. The molecule has 0 saturated carbocycles. The largest absolute Gasteiger partial charge is 0.313 e. The Morgan fingerprint density at radius 3 is 2.71 bits per heavy atom. The number of sulfonamides is 1. The first-order valence-corrected chi connectivity index (χ1v) is 8.72. The highest BCUT2D eigenvalue weighted by Crippen LogP contribution is 2.21. The maximum absolute atomic E-state index is 12.4. The van der Waals surface area contributed by atoms with Crippen LogP contribution in [-0.2, 0) is 16.6 Å². The van der Waals surface area contributed by atoms with E-state index in [-0.39, 0.29) is 4.90 Å². The van der Waals surface area contributed by atoms with Gasteiger partial charge in [-0.3, -0.25) is 9.71 Å². The van der Waals surface area contributed by atoms with E-state index in [1.807, 2.05) is 19.1 Å². The molecule has 1 aromatic heterocycles.